The Bertz CT molecular complexity index is 203. The van der Waals surface area contributed by atoms with Gasteiger partial charge in [0, 0.05) is 18.0 Å². The molecule has 2 N–H and O–H groups in total. The van der Waals surface area contributed by atoms with Crippen LogP contribution >= 0.6 is 0 Å². The maximum atomic E-state index is 12.3. The zero-order valence-electron chi connectivity index (χ0n) is 9.88. The van der Waals surface area contributed by atoms with Crippen molar-refractivity contribution in [2.24, 2.45) is 5.41 Å². The molecule has 0 heterocycles. The maximum Gasteiger partial charge on any atom is 0.401 e. The summed E-state index contributed by atoms with van der Waals surface area (Å²) in [5, 5.41) is 18.1. The molecular weight excluding hydrogens is 223 g/mol. The molecule has 0 spiro atoms. The van der Waals surface area contributed by atoms with Crippen LogP contribution < -0.4 is 0 Å². The van der Waals surface area contributed by atoms with E-state index in [1.165, 1.54) is 4.90 Å². The molecule has 16 heavy (non-hydrogen) atoms. The molecule has 3 nitrogen and oxygen atoms in total. The molecule has 6 heteroatoms. The molecule has 0 aliphatic carbocycles. The van der Waals surface area contributed by atoms with Crippen molar-refractivity contribution in [1.82, 2.24) is 4.90 Å². The van der Waals surface area contributed by atoms with Gasteiger partial charge in [-0.05, 0) is 13.8 Å². The Balaban J connectivity index is 4.57. The molecule has 0 aromatic heterocycles. The largest absolute Gasteiger partial charge is 0.401 e. The molecule has 98 valence electrons. The topological polar surface area (TPSA) is 43.7 Å². The fourth-order valence-corrected chi connectivity index (χ4v) is 1.29. The average Bonchev–Trinajstić information content (AvgIpc) is 2.14. The Morgan fingerprint density at radius 3 is 1.75 bits per heavy atom. The van der Waals surface area contributed by atoms with Crippen molar-refractivity contribution < 1.29 is 23.4 Å². The fourth-order valence-electron chi connectivity index (χ4n) is 1.29. The van der Waals surface area contributed by atoms with Gasteiger partial charge in [-0.3, -0.25) is 4.90 Å². The third-order valence-electron chi connectivity index (χ3n) is 2.46. The Kier molecular flexibility index (Phi) is 5.72. The van der Waals surface area contributed by atoms with E-state index in [1.807, 2.05) is 0 Å². The molecule has 0 aliphatic heterocycles. The van der Waals surface area contributed by atoms with Crippen LogP contribution in [0.25, 0.3) is 0 Å². The Morgan fingerprint density at radius 1 is 1.06 bits per heavy atom. The van der Waals surface area contributed by atoms with Gasteiger partial charge < -0.3 is 10.2 Å². The monoisotopic (exact) mass is 243 g/mol. The first-order chi connectivity index (χ1) is 7.13. The van der Waals surface area contributed by atoms with E-state index in [0.29, 0.717) is 0 Å². The van der Waals surface area contributed by atoms with Crippen molar-refractivity contribution in [3.8, 4) is 0 Å². The third kappa shape index (κ3) is 5.67. The van der Waals surface area contributed by atoms with E-state index in [2.05, 4.69) is 0 Å². The van der Waals surface area contributed by atoms with E-state index in [0.717, 1.165) is 0 Å². The van der Waals surface area contributed by atoms with Crippen molar-refractivity contribution >= 4 is 0 Å². The summed E-state index contributed by atoms with van der Waals surface area (Å²) in [7, 11) is 0. The maximum absolute atomic E-state index is 12.3. The molecule has 0 bridgehead atoms. The van der Waals surface area contributed by atoms with Crippen molar-refractivity contribution in [2.75, 3.05) is 26.3 Å². The lowest BCUT2D eigenvalue weighted by Crippen LogP contribution is -2.47. The van der Waals surface area contributed by atoms with Crippen LogP contribution in [0.4, 0.5) is 13.2 Å². The summed E-state index contributed by atoms with van der Waals surface area (Å²) in [5.41, 5.74) is -0.907. The molecule has 0 aromatic carbocycles. The Hall–Kier alpha value is -0.330. The van der Waals surface area contributed by atoms with E-state index in [1.54, 1.807) is 20.8 Å². The second-order valence-corrected chi connectivity index (χ2v) is 4.74. The van der Waals surface area contributed by atoms with Crippen LogP contribution in [0, 0.1) is 5.41 Å². The highest BCUT2D eigenvalue weighted by Crippen LogP contribution is 2.23. The molecule has 0 aromatic rings. The smallest absolute Gasteiger partial charge is 0.396 e. The van der Waals surface area contributed by atoms with Crippen molar-refractivity contribution in [1.29, 1.82) is 0 Å². The second-order valence-electron chi connectivity index (χ2n) is 4.74. The van der Waals surface area contributed by atoms with Crippen LogP contribution in [0.5, 0.6) is 0 Å². The third-order valence-corrected chi connectivity index (χ3v) is 2.46. The van der Waals surface area contributed by atoms with Gasteiger partial charge in [0.15, 0.2) is 0 Å². The van der Waals surface area contributed by atoms with Crippen LogP contribution in [0.3, 0.4) is 0 Å². The number of rotatable bonds is 6. The molecule has 0 atom stereocenters. The number of aliphatic hydroxyl groups is 2. The summed E-state index contributed by atoms with van der Waals surface area (Å²) in [6.45, 7) is 3.16. The summed E-state index contributed by atoms with van der Waals surface area (Å²) in [4.78, 5) is 1.20. The van der Waals surface area contributed by atoms with Gasteiger partial charge in [0.05, 0.1) is 19.8 Å². The zero-order valence-corrected chi connectivity index (χ0v) is 9.88. The molecule has 0 saturated carbocycles. The molecule has 0 amide bonds. The van der Waals surface area contributed by atoms with Gasteiger partial charge in [-0.2, -0.15) is 13.2 Å². The molecular formula is C10H20F3NO2. The van der Waals surface area contributed by atoms with Gasteiger partial charge in [0.25, 0.3) is 0 Å². The molecule has 0 radical (unpaired) electrons. The quantitative estimate of drug-likeness (QED) is 0.738. The van der Waals surface area contributed by atoms with E-state index >= 15 is 0 Å². The highest BCUT2D eigenvalue weighted by Gasteiger charge is 2.35. The van der Waals surface area contributed by atoms with E-state index in [4.69, 9.17) is 10.2 Å². The van der Waals surface area contributed by atoms with Crippen LogP contribution in [0.15, 0.2) is 0 Å². The second kappa shape index (κ2) is 5.84. The van der Waals surface area contributed by atoms with E-state index in [9.17, 15) is 13.2 Å². The van der Waals surface area contributed by atoms with Crippen LogP contribution in [0.2, 0.25) is 0 Å². The average molecular weight is 243 g/mol. The summed E-state index contributed by atoms with van der Waals surface area (Å²) < 4.78 is 36.8. The number of nitrogens with zero attached hydrogens (tertiary/aromatic N) is 1. The van der Waals surface area contributed by atoms with E-state index < -0.39 is 18.1 Å². The highest BCUT2D eigenvalue weighted by atomic mass is 19.4. The first-order valence-electron chi connectivity index (χ1n) is 5.16. The number of alkyl halides is 3. The predicted molar refractivity (Wildman–Crippen MR) is 55.0 cm³/mol. The Labute approximate surface area is 93.9 Å². The predicted octanol–water partition coefficient (Wildman–Crippen LogP) is 1.25. The zero-order chi connectivity index (χ0) is 13.0. The lowest BCUT2D eigenvalue weighted by molar-refractivity contribution is -0.155. The minimum atomic E-state index is -4.27. The van der Waals surface area contributed by atoms with Gasteiger partial charge in [0.1, 0.15) is 0 Å². The number of aliphatic hydroxyl groups excluding tert-OH is 2. The lowest BCUT2D eigenvalue weighted by atomic mass is 9.92. The summed E-state index contributed by atoms with van der Waals surface area (Å²) in [6, 6.07) is -0.293. The van der Waals surface area contributed by atoms with Crippen LogP contribution in [0.1, 0.15) is 20.8 Å². The molecule has 0 saturated heterocycles. The SMILES string of the molecule is CC(C)N(CC(F)(F)F)CC(C)(CO)CO. The number of hydrogen-bond acceptors (Lipinski definition) is 3. The summed E-state index contributed by atoms with van der Waals surface area (Å²) in [6.07, 6.45) is -4.27. The number of halogens is 3. The molecule has 0 unspecified atom stereocenters. The first kappa shape index (κ1) is 15.7. The molecule has 0 fully saturated rings. The summed E-state index contributed by atoms with van der Waals surface area (Å²) >= 11 is 0. The van der Waals surface area contributed by atoms with Gasteiger partial charge in [-0.25, -0.2) is 0 Å². The van der Waals surface area contributed by atoms with Gasteiger partial charge in [-0.1, -0.05) is 6.92 Å². The van der Waals surface area contributed by atoms with Crippen LogP contribution in [-0.4, -0.2) is 53.6 Å². The van der Waals surface area contributed by atoms with Gasteiger partial charge >= 0.3 is 6.18 Å². The number of hydrogen-bond donors (Lipinski definition) is 2. The Morgan fingerprint density at radius 2 is 1.50 bits per heavy atom. The minimum absolute atomic E-state index is 0.0111. The normalized spacial score (nSPS) is 13.9. The molecule has 0 aliphatic rings. The van der Waals surface area contributed by atoms with Crippen molar-refractivity contribution in [3.05, 3.63) is 0 Å². The minimum Gasteiger partial charge on any atom is -0.396 e. The lowest BCUT2D eigenvalue weighted by Gasteiger charge is -2.35. The van der Waals surface area contributed by atoms with Gasteiger partial charge in [0.2, 0.25) is 0 Å². The van der Waals surface area contributed by atoms with Crippen LogP contribution in [-0.2, 0) is 0 Å². The van der Waals surface area contributed by atoms with E-state index in [-0.39, 0.29) is 25.8 Å². The fraction of sp³-hybridized carbons (Fsp3) is 1.00. The molecule has 0 rings (SSSR count). The van der Waals surface area contributed by atoms with Gasteiger partial charge in [-0.15, -0.1) is 0 Å². The summed E-state index contributed by atoms with van der Waals surface area (Å²) in [5.74, 6) is 0. The standard InChI is InChI=1S/C10H20F3NO2/c1-8(2)14(5-10(11,12)13)4-9(3,6-15)7-16/h8,15-16H,4-7H2,1-3H3. The highest BCUT2D eigenvalue weighted by molar-refractivity contribution is 4.80. The van der Waals surface area contributed by atoms with Crippen molar-refractivity contribution in [2.45, 2.75) is 33.0 Å². The first-order valence-corrected chi connectivity index (χ1v) is 5.16. The van der Waals surface area contributed by atoms with Crippen molar-refractivity contribution in [3.63, 3.8) is 0 Å².